The first-order valence-electron chi connectivity index (χ1n) is 13.6. The molecule has 1 fully saturated rings. The fourth-order valence-corrected chi connectivity index (χ4v) is 5.27. The van der Waals surface area contributed by atoms with Crippen molar-refractivity contribution < 1.29 is 14.6 Å². The van der Waals surface area contributed by atoms with Crippen LogP contribution in [0, 0.1) is 0 Å². The molecule has 0 saturated heterocycles. The zero-order chi connectivity index (χ0) is 26.4. The van der Waals surface area contributed by atoms with E-state index in [1.807, 2.05) is 25.1 Å². The lowest BCUT2D eigenvalue weighted by Gasteiger charge is -2.16. The number of aromatic nitrogens is 1. The summed E-state index contributed by atoms with van der Waals surface area (Å²) in [6.07, 6.45) is 6.30. The van der Waals surface area contributed by atoms with Gasteiger partial charge in [0.1, 0.15) is 0 Å². The van der Waals surface area contributed by atoms with Gasteiger partial charge in [-0.25, -0.2) is 0 Å². The second kappa shape index (κ2) is 11.7. The second-order valence-corrected chi connectivity index (χ2v) is 10.3. The maximum atomic E-state index is 12.0. The molecule has 1 atom stereocenters. The van der Waals surface area contributed by atoms with E-state index in [1.165, 1.54) is 11.1 Å². The van der Waals surface area contributed by atoms with Crippen molar-refractivity contribution >= 4 is 5.97 Å². The average Bonchev–Trinajstić information content (AvgIpc) is 3.74. The summed E-state index contributed by atoms with van der Waals surface area (Å²) in [5.41, 5.74) is 7.41. The number of pyridine rings is 1. The van der Waals surface area contributed by atoms with Gasteiger partial charge in [-0.1, -0.05) is 84.9 Å². The highest BCUT2D eigenvalue weighted by atomic mass is 16.5. The van der Waals surface area contributed by atoms with Gasteiger partial charge in [0, 0.05) is 22.7 Å². The zero-order valence-corrected chi connectivity index (χ0v) is 22.0. The van der Waals surface area contributed by atoms with E-state index in [1.54, 1.807) is 6.20 Å². The number of hydrogen-bond acceptors (Lipinski definition) is 4. The molecule has 3 aromatic carbocycles. The Kier molecular flexibility index (Phi) is 8.00. The molecule has 1 N–H and O–H groups in total. The number of aryl methyl sites for hydroxylation is 1. The Labute approximate surface area is 225 Å². The highest BCUT2D eigenvalue weighted by molar-refractivity contribution is 5.73. The standard InChI is InChI=1S/C34H35NO3/c1-2-38-32(37)24-34(21-22-34)29-19-17-27(18-20-29)26-13-15-28(16-14-26)33-30(11-7-23-35-33)31(36)12-6-10-25-8-4-3-5-9-25/h3-5,7-9,11,13-20,23,31,36H,2,6,10,12,21-22,24H2,1H3. The SMILES string of the molecule is CCOC(=O)CC1(c2ccc(-c3ccc(-c4ncccc4C(O)CCCc4ccccc4)cc3)cc2)CC1. The van der Waals surface area contributed by atoms with Crippen LogP contribution in [0.5, 0.6) is 0 Å². The molecule has 1 aromatic heterocycles. The Morgan fingerprint density at radius 2 is 1.55 bits per heavy atom. The van der Waals surface area contributed by atoms with Gasteiger partial charge in [0.05, 0.1) is 24.8 Å². The third kappa shape index (κ3) is 6.03. The van der Waals surface area contributed by atoms with Crippen LogP contribution in [-0.2, 0) is 21.4 Å². The summed E-state index contributed by atoms with van der Waals surface area (Å²) >= 11 is 0. The van der Waals surface area contributed by atoms with E-state index >= 15 is 0 Å². The number of esters is 1. The molecular formula is C34H35NO3. The van der Waals surface area contributed by atoms with Crippen molar-refractivity contribution in [3.63, 3.8) is 0 Å². The quantitative estimate of drug-likeness (QED) is 0.215. The molecule has 0 amide bonds. The largest absolute Gasteiger partial charge is 0.466 e. The third-order valence-corrected chi connectivity index (χ3v) is 7.61. The Hall–Kier alpha value is -3.76. The molecule has 1 saturated carbocycles. The maximum Gasteiger partial charge on any atom is 0.306 e. The number of aliphatic hydroxyl groups excluding tert-OH is 1. The van der Waals surface area contributed by atoms with Crippen molar-refractivity contribution in [2.24, 2.45) is 0 Å². The van der Waals surface area contributed by atoms with Gasteiger partial charge < -0.3 is 9.84 Å². The lowest BCUT2D eigenvalue weighted by atomic mass is 9.90. The number of nitrogens with zero attached hydrogens (tertiary/aromatic N) is 1. The van der Waals surface area contributed by atoms with Crippen LogP contribution >= 0.6 is 0 Å². The van der Waals surface area contributed by atoms with Gasteiger partial charge in [0.2, 0.25) is 0 Å². The number of carbonyl (C=O) groups is 1. The number of carbonyl (C=O) groups excluding carboxylic acids is 1. The van der Waals surface area contributed by atoms with Crippen LogP contribution in [0.2, 0.25) is 0 Å². The van der Waals surface area contributed by atoms with E-state index in [-0.39, 0.29) is 11.4 Å². The molecule has 1 aliphatic carbocycles. The zero-order valence-electron chi connectivity index (χ0n) is 22.0. The van der Waals surface area contributed by atoms with E-state index in [2.05, 4.69) is 77.8 Å². The first-order chi connectivity index (χ1) is 18.6. The van der Waals surface area contributed by atoms with Crippen molar-refractivity contribution in [1.82, 2.24) is 4.98 Å². The van der Waals surface area contributed by atoms with Crippen molar-refractivity contribution in [3.8, 4) is 22.4 Å². The van der Waals surface area contributed by atoms with Crippen molar-refractivity contribution in [1.29, 1.82) is 0 Å². The fraction of sp³-hybridized carbons (Fsp3) is 0.294. The lowest BCUT2D eigenvalue weighted by molar-refractivity contribution is -0.143. The molecular weight excluding hydrogens is 470 g/mol. The molecule has 4 nitrogen and oxygen atoms in total. The maximum absolute atomic E-state index is 12.0. The van der Waals surface area contributed by atoms with E-state index in [0.717, 1.165) is 53.6 Å². The summed E-state index contributed by atoms with van der Waals surface area (Å²) < 4.78 is 5.18. The molecule has 38 heavy (non-hydrogen) atoms. The lowest BCUT2D eigenvalue weighted by Crippen LogP contribution is -2.15. The van der Waals surface area contributed by atoms with Crippen molar-refractivity contribution in [2.75, 3.05) is 6.61 Å². The molecule has 4 heteroatoms. The van der Waals surface area contributed by atoms with E-state index in [4.69, 9.17) is 4.74 Å². The molecule has 0 spiro atoms. The number of hydrogen-bond donors (Lipinski definition) is 1. The Bertz CT molecular complexity index is 1340. The summed E-state index contributed by atoms with van der Waals surface area (Å²) in [4.78, 5) is 16.7. The monoisotopic (exact) mass is 505 g/mol. The summed E-state index contributed by atoms with van der Waals surface area (Å²) in [5, 5.41) is 11.0. The van der Waals surface area contributed by atoms with Gasteiger partial charge in [0.15, 0.2) is 0 Å². The summed E-state index contributed by atoms with van der Waals surface area (Å²) in [5.74, 6) is -0.111. The average molecular weight is 506 g/mol. The summed E-state index contributed by atoms with van der Waals surface area (Å²) in [7, 11) is 0. The van der Waals surface area contributed by atoms with Crippen LogP contribution in [0.15, 0.2) is 97.2 Å². The number of ether oxygens (including phenoxy) is 1. The van der Waals surface area contributed by atoms with Gasteiger partial charge in [-0.2, -0.15) is 0 Å². The van der Waals surface area contributed by atoms with Crippen LogP contribution in [-0.4, -0.2) is 22.7 Å². The Morgan fingerprint density at radius 1 is 0.895 bits per heavy atom. The molecule has 4 aromatic rings. The Morgan fingerprint density at radius 3 is 2.21 bits per heavy atom. The van der Waals surface area contributed by atoms with Crippen molar-refractivity contribution in [2.45, 2.75) is 57.0 Å². The molecule has 5 rings (SSSR count). The smallest absolute Gasteiger partial charge is 0.306 e. The Balaban J connectivity index is 1.26. The van der Waals surface area contributed by atoms with Crippen LogP contribution in [0.1, 0.15) is 61.8 Å². The van der Waals surface area contributed by atoms with Gasteiger partial charge in [0.25, 0.3) is 0 Å². The van der Waals surface area contributed by atoms with Gasteiger partial charge in [-0.05, 0) is 67.3 Å². The predicted molar refractivity (Wildman–Crippen MR) is 152 cm³/mol. The normalized spacial score (nSPS) is 14.6. The minimum absolute atomic E-state index is 0.0497. The first kappa shape index (κ1) is 25.9. The highest BCUT2D eigenvalue weighted by Crippen LogP contribution is 2.51. The number of aliphatic hydroxyl groups is 1. The van der Waals surface area contributed by atoms with Crippen LogP contribution < -0.4 is 0 Å². The van der Waals surface area contributed by atoms with Crippen molar-refractivity contribution in [3.05, 3.63) is 114 Å². The second-order valence-electron chi connectivity index (χ2n) is 10.3. The molecule has 1 heterocycles. The van der Waals surface area contributed by atoms with Crippen LogP contribution in [0.4, 0.5) is 0 Å². The molecule has 1 unspecified atom stereocenters. The minimum Gasteiger partial charge on any atom is -0.466 e. The third-order valence-electron chi connectivity index (χ3n) is 7.61. The molecule has 0 radical (unpaired) electrons. The summed E-state index contributed by atoms with van der Waals surface area (Å²) in [6, 6.07) is 31.2. The highest BCUT2D eigenvalue weighted by Gasteiger charge is 2.46. The fourth-order valence-electron chi connectivity index (χ4n) is 5.27. The predicted octanol–water partition coefficient (Wildman–Crippen LogP) is 7.46. The molecule has 1 aliphatic rings. The number of benzene rings is 3. The van der Waals surface area contributed by atoms with Crippen LogP contribution in [0.25, 0.3) is 22.4 Å². The number of rotatable bonds is 11. The van der Waals surface area contributed by atoms with Gasteiger partial charge >= 0.3 is 5.97 Å². The van der Waals surface area contributed by atoms with E-state index < -0.39 is 6.10 Å². The molecule has 194 valence electrons. The van der Waals surface area contributed by atoms with Gasteiger partial charge in [-0.15, -0.1) is 0 Å². The summed E-state index contributed by atoms with van der Waals surface area (Å²) in [6.45, 7) is 2.28. The van der Waals surface area contributed by atoms with Gasteiger partial charge in [-0.3, -0.25) is 9.78 Å². The molecule has 0 aliphatic heterocycles. The van der Waals surface area contributed by atoms with E-state index in [0.29, 0.717) is 19.4 Å². The van der Waals surface area contributed by atoms with Crippen LogP contribution in [0.3, 0.4) is 0 Å². The molecule has 0 bridgehead atoms. The van der Waals surface area contributed by atoms with E-state index in [9.17, 15) is 9.90 Å². The topological polar surface area (TPSA) is 59.4 Å². The minimum atomic E-state index is -0.556. The first-order valence-corrected chi connectivity index (χ1v) is 13.6.